The molecule has 5 heteroatoms. The van der Waals surface area contributed by atoms with E-state index in [0.29, 0.717) is 5.92 Å². The van der Waals surface area contributed by atoms with Gasteiger partial charge in [-0.05, 0) is 61.4 Å². The largest absolute Gasteiger partial charge is 0.508 e. The average molecular weight is 339 g/mol. The summed E-state index contributed by atoms with van der Waals surface area (Å²) in [6, 6.07) is 10.9. The van der Waals surface area contributed by atoms with Crippen LogP contribution in [0.25, 0.3) is 0 Å². The summed E-state index contributed by atoms with van der Waals surface area (Å²) in [7, 11) is 0. The van der Waals surface area contributed by atoms with Gasteiger partial charge in [0.05, 0.1) is 6.04 Å². The predicted octanol–water partition coefficient (Wildman–Crippen LogP) is 3.51. The minimum absolute atomic E-state index is 0.0318. The zero-order chi connectivity index (χ0) is 17.6. The summed E-state index contributed by atoms with van der Waals surface area (Å²) in [5.74, 6) is 0.826. The van der Waals surface area contributed by atoms with Gasteiger partial charge in [0.1, 0.15) is 5.75 Å². The van der Waals surface area contributed by atoms with Gasteiger partial charge in [0.25, 0.3) is 0 Å². The van der Waals surface area contributed by atoms with Gasteiger partial charge >= 0.3 is 6.03 Å². The summed E-state index contributed by atoms with van der Waals surface area (Å²) < 4.78 is 0. The number of hydrogen-bond donors (Lipinski definition) is 2. The fourth-order valence-corrected chi connectivity index (χ4v) is 3.35. The third-order valence-electron chi connectivity index (χ3n) is 4.86. The van der Waals surface area contributed by atoms with Crippen molar-refractivity contribution in [3.63, 3.8) is 0 Å². The number of nitrogens with one attached hydrogen (secondary N) is 1. The Kier molecular flexibility index (Phi) is 5.53. The molecule has 1 fully saturated rings. The van der Waals surface area contributed by atoms with Gasteiger partial charge in [-0.2, -0.15) is 0 Å². The van der Waals surface area contributed by atoms with Crippen LogP contribution in [0.1, 0.15) is 36.9 Å². The molecule has 2 amide bonds. The summed E-state index contributed by atoms with van der Waals surface area (Å²) in [5.41, 5.74) is 2.17. The monoisotopic (exact) mass is 339 g/mol. The molecule has 1 aliphatic rings. The second-order valence-electron chi connectivity index (χ2n) is 6.76. The standard InChI is InChI=1S/C20H25N3O2/c1-15(18-5-2-6-19(24)13-18)22-20(25)23-10-7-16(8-11-23)12-17-4-3-9-21-14-17/h2-6,9,13-16,24H,7-8,10-12H2,1H3,(H,22,25)/t15-/m0/s1. The van der Waals surface area contributed by atoms with Gasteiger partial charge in [-0.1, -0.05) is 18.2 Å². The molecule has 1 aliphatic heterocycles. The van der Waals surface area contributed by atoms with Crippen LogP contribution in [0.4, 0.5) is 4.79 Å². The summed E-state index contributed by atoms with van der Waals surface area (Å²) in [6.07, 6.45) is 6.79. The number of hydrogen-bond acceptors (Lipinski definition) is 3. The van der Waals surface area contributed by atoms with E-state index in [1.165, 1.54) is 5.56 Å². The van der Waals surface area contributed by atoms with Gasteiger partial charge in [0.15, 0.2) is 0 Å². The first-order valence-electron chi connectivity index (χ1n) is 8.85. The molecule has 132 valence electrons. The van der Waals surface area contributed by atoms with E-state index in [1.807, 2.05) is 30.2 Å². The lowest BCUT2D eigenvalue weighted by Crippen LogP contribution is -2.45. The molecule has 2 N–H and O–H groups in total. The van der Waals surface area contributed by atoms with Crippen LogP contribution in [0, 0.1) is 5.92 Å². The van der Waals surface area contributed by atoms with Crippen molar-refractivity contribution in [3.8, 4) is 5.75 Å². The van der Waals surface area contributed by atoms with Crippen LogP contribution in [0.15, 0.2) is 48.8 Å². The highest BCUT2D eigenvalue weighted by molar-refractivity contribution is 5.74. The molecule has 5 nitrogen and oxygen atoms in total. The molecule has 2 heterocycles. The number of piperidine rings is 1. The van der Waals surface area contributed by atoms with E-state index in [0.717, 1.165) is 37.9 Å². The Morgan fingerprint density at radius 2 is 2.12 bits per heavy atom. The number of carbonyl (C=O) groups excluding carboxylic acids is 1. The van der Waals surface area contributed by atoms with Crippen LogP contribution in [0.5, 0.6) is 5.75 Å². The molecule has 1 atom stereocenters. The molecule has 0 bridgehead atoms. The number of urea groups is 1. The highest BCUT2D eigenvalue weighted by atomic mass is 16.3. The van der Waals surface area contributed by atoms with E-state index in [1.54, 1.807) is 24.4 Å². The Morgan fingerprint density at radius 3 is 2.80 bits per heavy atom. The van der Waals surface area contributed by atoms with Crippen LogP contribution < -0.4 is 5.32 Å². The number of nitrogens with zero attached hydrogens (tertiary/aromatic N) is 2. The normalized spacial score (nSPS) is 16.4. The molecule has 1 saturated heterocycles. The number of phenolic OH excluding ortho intramolecular Hbond substituents is 1. The number of likely N-dealkylation sites (tertiary alicyclic amines) is 1. The van der Waals surface area contributed by atoms with Crippen LogP contribution in [0.3, 0.4) is 0 Å². The Labute approximate surface area is 148 Å². The van der Waals surface area contributed by atoms with Gasteiger partial charge < -0.3 is 15.3 Å². The van der Waals surface area contributed by atoms with Gasteiger partial charge in [-0.15, -0.1) is 0 Å². The lowest BCUT2D eigenvalue weighted by molar-refractivity contribution is 0.167. The third-order valence-corrected chi connectivity index (χ3v) is 4.86. The maximum atomic E-state index is 12.5. The highest BCUT2D eigenvalue weighted by Crippen LogP contribution is 2.22. The van der Waals surface area contributed by atoms with E-state index in [2.05, 4.69) is 16.4 Å². The molecule has 0 aliphatic carbocycles. The molecule has 0 unspecified atom stereocenters. The molecule has 1 aromatic carbocycles. The number of pyridine rings is 1. The van der Waals surface area contributed by atoms with Gasteiger partial charge in [-0.25, -0.2) is 4.79 Å². The molecule has 25 heavy (non-hydrogen) atoms. The van der Waals surface area contributed by atoms with Crippen molar-refractivity contribution in [2.24, 2.45) is 5.92 Å². The summed E-state index contributed by atoms with van der Waals surface area (Å²) in [6.45, 7) is 3.49. The fourth-order valence-electron chi connectivity index (χ4n) is 3.35. The fraction of sp³-hybridized carbons (Fsp3) is 0.400. The summed E-state index contributed by atoms with van der Waals surface area (Å²) >= 11 is 0. The zero-order valence-corrected chi connectivity index (χ0v) is 14.6. The summed E-state index contributed by atoms with van der Waals surface area (Å²) in [5, 5.41) is 12.6. The van der Waals surface area contributed by atoms with Crippen LogP contribution in [0.2, 0.25) is 0 Å². The van der Waals surface area contributed by atoms with E-state index >= 15 is 0 Å². The predicted molar refractivity (Wildman–Crippen MR) is 97.3 cm³/mol. The first-order chi connectivity index (χ1) is 12.1. The number of aromatic hydroxyl groups is 1. The second kappa shape index (κ2) is 8.01. The number of aromatic nitrogens is 1. The van der Waals surface area contributed by atoms with Crippen LogP contribution >= 0.6 is 0 Å². The van der Waals surface area contributed by atoms with Crippen LogP contribution in [-0.2, 0) is 6.42 Å². The maximum absolute atomic E-state index is 12.5. The maximum Gasteiger partial charge on any atom is 0.317 e. The molecule has 3 rings (SSSR count). The Balaban J connectivity index is 1.48. The first-order valence-corrected chi connectivity index (χ1v) is 8.85. The van der Waals surface area contributed by atoms with Crippen molar-refractivity contribution in [2.45, 2.75) is 32.2 Å². The smallest absolute Gasteiger partial charge is 0.317 e. The molecule has 0 spiro atoms. The molecule has 0 saturated carbocycles. The Hall–Kier alpha value is -2.56. The van der Waals surface area contributed by atoms with Crippen molar-refractivity contribution < 1.29 is 9.90 Å². The van der Waals surface area contributed by atoms with Gasteiger partial charge in [0, 0.05) is 25.5 Å². The Bertz CT molecular complexity index is 697. The van der Waals surface area contributed by atoms with Crippen molar-refractivity contribution in [2.75, 3.05) is 13.1 Å². The topological polar surface area (TPSA) is 65.5 Å². The average Bonchev–Trinajstić information content (AvgIpc) is 2.63. The third kappa shape index (κ3) is 4.72. The van der Waals surface area contributed by atoms with Crippen molar-refractivity contribution in [1.29, 1.82) is 0 Å². The minimum Gasteiger partial charge on any atom is -0.508 e. The number of amides is 2. The molecule has 1 aromatic heterocycles. The minimum atomic E-state index is -0.132. The van der Waals surface area contributed by atoms with Gasteiger partial charge in [0.2, 0.25) is 0 Å². The summed E-state index contributed by atoms with van der Waals surface area (Å²) in [4.78, 5) is 18.5. The number of benzene rings is 1. The number of rotatable bonds is 4. The quantitative estimate of drug-likeness (QED) is 0.896. The molecule has 2 aromatic rings. The van der Waals surface area contributed by atoms with Crippen molar-refractivity contribution in [1.82, 2.24) is 15.2 Å². The van der Waals surface area contributed by atoms with E-state index in [-0.39, 0.29) is 17.8 Å². The first kappa shape index (κ1) is 17.3. The van der Waals surface area contributed by atoms with E-state index < -0.39 is 0 Å². The lowest BCUT2D eigenvalue weighted by Gasteiger charge is -2.33. The van der Waals surface area contributed by atoms with Gasteiger partial charge in [-0.3, -0.25) is 4.98 Å². The second-order valence-corrected chi connectivity index (χ2v) is 6.76. The SMILES string of the molecule is C[C@H](NC(=O)N1CCC(Cc2cccnc2)CC1)c1cccc(O)c1. The highest BCUT2D eigenvalue weighted by Gasteiger charge is 2.24. The van der Waals surface area contributed by atoms with Crippen LogP contribution in [-0.4, -0.2) is 34.1 Å². The zero-order valence-electron chi connectivity index (χ0n) is 14.6. The lowest BCUT2D eigenvalue weighted by atomic mass is 9.91. The molecular weight excluding hydrogens is 314 g/mol. The molecular formula is C20H25N3O2. The van der Waals surface area contributed by atoms with E-state index in [4.69, 9.17) is 0 Å². The van der Waals surface area contributed by atoms with E-state index in [9.17, 15) is 9.90 Å². The number of carbonyl (C=O) groups is 1. The van der Waals surface area contributed by atoms with Crippen molar-refractivity contribution >= 4 is 6.03 Å². The number of phenols is 1. The van der Waals surface area contributed by atoms with Crippen molar-refractivity contribution in [3.05, 3.63) is 59.9 Å². The molecule has 0 radical (unpaired) electrons. The Morgan fingerprint density at radius 1 is 1.32 bits per heavy atom.